The lowest BCUT2D eigenvalue weighted by molar-refractivity contribution is 0.153. The second-order valence-corrected chi connectivity index (χ2v) is 6.18. The molecule has 0 fully saturated rings. The van der Waals surface area contributed by atoms with Gasteiger partial charge in [-0.3, -0.25) is 4.99 Å². The molecule has 0 amide bonds. The Balaban J connectivity index is 0.00000264. The molecule has 0 aliphatic carbocycles. The summed E-state index contributed by atoms with van der Waals surface area (Å²) in [4.78, 5) is 4.30. The van der Waals surface area contributed by atoms with Crippen molar-refractivity contribution in [1.29, 1.82) is 0 Å². The van der Waals surface area contributed by atoms with Crippen LogP contribution in [0.3, 0.4) is 0 Å². The number of nitrogens with one attached hydrogen (secondary N) is 2. The van der Waals surface area contributed by atoms with Gasteiger partial charge in [-0.1, -0.05) is 45.8 Å². The molecule has 23 heavy (non-hydrogen) atoms. The van der Waals surface area contributed by atoms with Gasteiger partial charge in [0.15, 0.2) is 5.96 Å². The molecule has 1 aromatic rings. The van der Waals surface area contributed by atoms with Crippen molar-refractivity contribution in [2.75, 3.05) is 26.8 Å². The van der Waals surface area contributed by atoms with Crippen LogP contribution in [0.5, 0.6) is 0 Å². The normalized spacial score (nSPS) is 16.1. The van der Waals surface area contributed by atoms with E-state index in [2.05, 4.69) is 56.7 Å². The van der Waals surface area contributed by atoms with E-state index in [1.807, 2.05) is 12.1 Å². The number of halogens is 2. The highest BCUT2D eigenvalue weighted by molar-refractivity contribution is 14.0. The quantitative estimate of drug-likeness (QED) is 0.282. The highest BCUT2D eigenvalue weighted by Gasteiger charge is 2.10. The fourth-order valence-corrected chi connectivity index (χ4v) is 3.07. The van der Waals surface area contributed by atoms with Gasteiger partial charge < -0.3 is 15.4 Å². The van der Waals surface area contributed by atoms with Crippen LogP contribution >= 0.6 is 39.9 Å². The van der Waals surface area contributed by atoms with E-state index >= 15 is 0 Å². The Bertz CT molecular complexity index is 548. The number of rotatable bonds is 5. The van der Waals surface area contributed by atoms with E-state index in [-0.39, 0.29) is 30.0 Å². The van der Waals surface area contributed by atoms with Gasteiger partial charge in [-0.25, -0.2) is 0 Å². The zero-order valence-corrected chi connectivity index (χ0v) is 17.6. The number of benzene rings is 1. The van der Waals surface area contributed by atoms with Crippen LogP contribution < -0.4 is 10.6 Å². The maximum absolute atomic E-state index is 5.32. The van der Waals surface area contributed by atoms with E-state index in [0.29, 0.717) is 0 Å². The Kier molecular flexibility index (Phi) is 9.81. The van der Waals surface area contributed by atoms with Crippen molar-refractivity contribution in [2.24, 2.45) is 4.99 Å². The van der Waals surface area contributed by atoms with Gasteiger partial charge in [0, 0.05) is 18.1 Å². The molecule has 1 atom stereocenters. The highest BCUT2D eigenvalue weighted by Crippen LogP contribution is 2.22. The third-order valence-corrected chi connectivity index (χ3v) is 4.47. The average Bonchev–Trinajstić information content (AvgIpc) is 2.55. The first-order valence-corrected chi connectivity index (χ1v) is 8.47. The summed E-state index contributed by atoms with van der Waals surface area (Å²) in [6, 6.07) is 8.42. The van der Waals surface area contributed by atoms with Gasteiger partial charge >= 0.3 is 0 Å². The van der Waals surface area contributed by atoms with E-state index in [0.717, 1.165) is 43.0 Å². The Morgan fingerprint density at radius 2 is 2.17 bits per heavy atom. The van der Waals surface area contributed by atoms with Gasteiger partial charge in [0.05, 0.1) is 19.3 Å². The first-order valence-electron chi connectivity index (χ1n) is 7.68. The van der Waals surface area contributed by atoms with Gasteiger partial charge in [0.1, 0.15) is 0 Å². The Morgan fingerprint density at radius 3 is 2.83 bits per heavy atom. The molecule has 0 saturated heterocycles. The summed E-state index contributed by atoms with van der Waals surface area (Å²) in [5.41, 5.74) is 2.69. The second-order valence-electron chi connectivity index (χ2n) is 5.32. The molecule has 0 bridgehead atoms. The van der Waals surface area contributed by atoms with Gasteiger partial charge in [0.2, 0.25) is 0 Å². The number of guanidine groups is 1. The predicted octanol–water partition coefficient (Wildman–Crippen LogP) is 4.03. The third kappa shape index (κ3) is 6.81. The minimum atomic E-state index is 0. The fourth-order valence-electron chi connectivity index (χ4n) is 2.44. The standard InChI is InChI=1S/C17H24BrN3O.HI/c1-13(15-5-3-4-6-16(15)18)21-17(19-2)20-10-7-14-8-11-22-12-9-14;/h3-6,8,13H,7,9-12H2,1-2H3,(H2,19,20,21);1H. The SMILES string of the molecule is CN=C(NCCC1=CCOCC1)NC(C)c1ccccc1Br.I. The van der Waals surface area contributed by atoms with Crippen LogP contribution in [0.15, 0.2) is 45.4 Å². The molecular formula is C17H25BrIN3O. The maximum atomic E-state index is 5.32. The second kappa shape index (κ2) is 11.0. The van der Waals surface area contributed by atoms with Crippen molar-refractivity contribution >= 4 is 45.9 Å². The van der Waals surface area contributed by atoms with Crippen molar-refractivity contribution in [3.05, 3.63) is 46.0 Å². The summed E-state index contributed by atoms with van der Waals surface area (Å²) >= 11 is 3.59. The minimum absolute atomic E-state index is 0. The number of ether oxygens (including phenoxy) is 1. The third-order valence-electron chi connectivity index (χ3n) is 3.74. The predicted molar refractivity (Wildman–Crippen MR) is 111 cm³/mol. The molecule has 6 heteroatoms. The zero-order valence-electron chi connectivity index (χ0n) is 13.6. The van der Waals surface area contributed by atoms with Crippen LogP contribution in [0, 0.1) is 0 Å². The minimum Gasteiger partial charge on any atom is -0.377 e. The average molecular weight is 494 g/mol. The summed E-state index contributed by atoms with van der Waals surface area (Å²) < 4.78 is 6.43. The summed E-state index contributed by atoms with van der Waals surface area (Å²) in [6.45, 7) is 4.61. The molecule has 2 rings (SSSR count). The van der Waals surface area contributed by atoms with Crippen LogP contribution in [-0.2, 0) is 4.74 Å². The fraction of sp³-hybridized carbons (Fsp3) is 0.471. The molecule has 1 unspecified atom stereocenters. The summed E-state index contributed by atoms with van der Waals surface area (Å²) in [5, 5.41) is 6.81. The highest BCUT2D eigenvalue weighted by atomic mass is 127. The zero-order chi connectivity index (χ0) is 15.8. The van der Waals surface area contributed by atoms with E-state index < -0.39 is 0 Å². The number of hydrogen-bond donors (Lipinski definition) is 2. The van der Waals surface area contributed by atoms with E-state index in [4.69, 9.17) is 4.74 Å². The largest absolute Gasteiger partial charge is 0.377 e. The first-order chi connectivity index (χ1) is 10.7. The lowest BCUT2D eigenvalue weighted by Crippen LogP contribution is -2.39. The molecule has 0 aromatic heterocycles. The molecule has 1 aliphatic heterocycles. The summed E-state index contributed by atoms with van der Waals surface area (Å²) in [6.07, 6.45) is 4.26. The Labute approximate surface area is 164 Å². The number of nitrogens with zero attached hydrogens (tertiary/aromatic N) is 1. The number of hydrogen-bond acceptors (Lipinski definition) is 2. The molecule has 2 N–H and O–H groups in total. The topological polar surface area (TPSA) is 45.7 Å². The van der Waals surface area contributed by atoms with Gasteiger partial charge in [-0.15, -0.1) is 24.0 Å². The lowest BCUT2D eigenvalue weighted by Gasteiger charge is -2.20. The Hall–Kier alpha value is -0.600. The van der Waals surface area contributed by atoms with Gasteiger partial charge in [-0.2, -0.15) is 0 Å². The van der Waals surface area contributed by atoms with Crippen LogP contribution in [-0.4, -0.2) is 32.8 Å². The molecule has 0 radical (unpaired) electrons. The lowest BCUT2D eigenvalue weighted by atomic mass is 10.1. The van der Waals surface area contributed by atoms with Crippen LogP contribution in [0.2, 0.25) is 0 Å². The monoisotopic (exact) mass is 493 g/mol. The van der Waals surface area contributed by atoms with Gasteiger partial charge in [0.25, 0.3) is 0 Å². The molecule has 1 aliphatic rings. The molecule has 4 nitrogen and oxygen atoms in total. The van der Waals surface area contributed by atoms with Crippen molar-refractivity contribution in [2.45, 2.75) is 25.8 Å². The van der Waals surface area contributed by atoms with E-state index in [1.165, 1.54) is 11.1 Å². The van der Waals surface area contributed by atoms with Crippen LogP contribution in [0.1, 0.15) is 31.4 Å². The van der Waals surface area contributed by atoms with Crippen molar-refractivity contribution < 1.29 is 4.74 Å². The molecule has 1 aromatic carbocycles. The molecule has 128 valence electrons. The molecule has 1 heterocycles. The van der Waals surface area contributed by atoms with Crippen LogP contribution in [0.25, 0.3) is 0 Å². The molecular weight excluding hydrogens is 469 g/mol. The van der Waals surface area contributed by atoms with Crippen molar-refractivity contribution in [3.63, 3.8) is 0 Å². The summed E-state index contributed by atoms with van der Waals surface area (Å²) in [7, 11) is 1.80. The first kappa shape index (κ1) is 20.4. The summed E-state index contributed by atoms with van der Waals surface area (Å²) in [5.74, 6) is 0.830. The smallest absolute Gasteiger partial charge is 0.191 e. The van der Waals surface area contributed by atoms with E-state index in [1.54, 1.807) is 7.05 Å². The van der Waals surface area contributed by atoms with Crippen LogP contribution in [0.4, 0.5) is 0 Å². The molecule has 0 spiro atoms. The Morgan fingerprint density at radius 1 is 1.39 bits per heavy atom. The van der Waals surface area contributed by atoms with E-state index in [9.17, 15) is 0 Å². The van der Waals surface area contributed by atoms with Crippen molar-refractivity contribution in [3.8, 4) is 0 Å². The number of aliphatic imine (C=N–C) groups is 1. The maximum Gasteiger partial charge on any atom is 0.191 e. The van der Waals surface area contributed by atoms with Gasteiger partial charge in [-0.05, 0) is 31.4 Å². The molecule has 0 saturated carbocycles. The van der Waals surface area contributed by atoms with Crippen molar-refractivity contribution in [1.82, 2.24) is 10.6 Å².